The van der Waals surface area contributed by atoms with Gasteiger partial charge in [0.25, 0.3) is 5.91 Å². The second-order valence-corrected chi connectivity index (χ2v) is 9.31. The molecular weight excluding hydrogens is 478 g/mol. The maximum atomic E-state index is 13.7. The monoisotopic (exact) mass is 513 g/mol. The van der Waals surface area contributed by atoms with Gasteiger partial charge in [-0.1, -0.05) is 66.2 Å². The van der Waals surface area contributed by atoms with Gasteiger partial charge in [0, 0.05) is 31.6 Å². The van der Waals surface area contributed by atoms with E-state index in [9.17, 15) is 4.79 Å². The van der Waals surface area contributed by atoms with Crippen molar-refractivity contribution in [3.63, 3.8) is 0 Å². The molecule has 0 spiro atoms. The minimum atomic E-state index is -1.23. The summed E-state index contributed by atoms with van der Waals surface area (Å²) in [6.07, 6.45) is 2.71. The first-order valence-electron chi connectivity index (χ1n) is 12.9. The highest BCUT2D eigenvalue weighted by atomic mass is 16.5. The fourth-order valence-corrected chi connectivity index (χ4v) is 4.38. The molecule has 198 valence electrons. The van der Waals surface area contributed by atoms with Crippen LogP contribution in [-0.2, 0) is 16.0 Å². The Bertz CT molecular complexity index is 1230. The van der Waals surface area contributed by atoms with E-state index < -0.39 is 11.6 Å². The molecule has 0 bridgehead atoms. The van der Waals surface area contributed by atoms with Gasteiger partial charge in [0.2, 0.25) is 5.90 Å². The minimum Gasteiger partial charge on any atom is -0.494 e. The van der Waals surface area contributed by atoms with Crippen LogP contribution >= 0.6 is 0 Å². The molecular formula is C31H35N3O4. The van der Waals surface area contributed by atoms with E-state index in [0.29, 0.717) is 37.6 Å². The van der Waals surface area contributed by atoms with Crippen molar-refractivity contribution in [2.45, 2.75) is 37.8 Å². The van der Waals surface area contributed by atoms with Crippen molar-refractivity contribution in [3.05, 3.63) is 114 Å². The molecule has 3 N–H and O–H groups in total. The predicted molar refractivity (Wildman–Crippen MR) is 149 cm³/mol. The predicted octanol–water partition coefficient (Wildman–Crippen LogP) is 4.45. The van der Waals surface area contributed by atoms with Crippen LogP contribution in [0.3, 0.4) is 0 Å². The molecule has 7 nitrogen and oxygen atoms in total. The van der Waals surface area contributed by atoms with Crippen LogP contribution in [0.2, 0.25) is 0 Å². The molecule has 1 heterocycles. The summed E-state index contributed by atoms with van der Waals surface area (Å²) >= 11 is 0. The summed E-state index contributed by atoms with van der Waals surface area (Å²) < 4.78 is 12.0. The van der Waals surface area contributed by atoms with Gasteiger partial charge < -0.3 is 14.6 Å². The Morgan fingerprint density at radius 2 is 1.84 bits per heavy atom. The number of hydrogen-bond acceptors (Lipinski definition) is 6. The third-order valence-electron chi connectivity index (χ3n) is 6.45. The maximum Gasteiger partial charge on any atom is 0.266 e. The molecule has 38 heavy (non-hydrogen) atoms. The van der Waals surface area contributed by atoms with Gasteiger partial charge in [-0.05, 0) is 48.7 Å². The van der Waals surface area contributed by atoms with E-state index in [-0.39, 0.29) is 12.5 Å². The summed E-state index contributed by atoms with van der Waals surface area (Å²) in [5.41, 5.74) is 8.72. The molecule has 0 unspecified atom stereocenters. The van der Waals surface area contributed by atoms with Crippen LogP contribution in [-0.4, -0.2) is 42.2 Å². The number of carbonyl (C=O) groups excluding carboxylic acids is 1. The maximum absolute atomic E-state index is 13.7. The summed E-state index contributed by atoms with van der Waals surface area (Å²) in [7, 11) is 0. The van der Waals surface area contributed by atoms with E-state index in [2.05, 4.69) is 48.6 Å². The number of aliphatic hydroxyl groups is 1. The number of ether oxygens (including phenoxy) is 2. The van der Waals surface area contributed by atoms with Crippen LogP contribution in [0.25, 0.3) is 0 Å². The van der Waals surface area contributed by atoms with Crippen molar-refractivity contribution in [1.82, 2.24) is 10.9 Å². The van der Waals surface area contributed by atoms with Gasteiger partial charge in [0.05, 0.1) is 6.61 Å². The lowest BCUT2D eigenvalue weighted by molar-refractivity contribution is -0.129. The average Bonchev–Trinajstić information content (AvgIpc) is 3.34. The molecule has 0 radical (unpaired) electrons. The van der Waals surface area contributed by atoms with Crippen LogP contribution in [0.15, 0.2) is 96.5 Å². The second kappa shape index (κ2) is 13.0. The first-order valence-corrected chi connectivity index (χ1v) is 12.9. The van der Waals surface area contributed by atoms with Crippen LogP contribution in [0, 0.1) is 6.92 Å². The lowest BCUT2D eigenvalue weighted by atomic mass is 9.84. The quantitative estimate of drug-likeness (QED) is 0.178. The third kappa shape index (κ3) is 6.49. The third-order valence-corrected chi connectivity index (χ3v) is 6.45. The first-order chi connectivity index (χ1) is 18.6. The van der Waals surface area contributed by atoms with Crippen molar-refractivity contribution >= 4 is 11.8 Å². The normalized spacial score (nSPS) is 18.4. The van der Waals surface area contributed by atoms with Crippen LogP contribution in [0.1, 0.15) is 41.2 Å². The fraction of sp³-hybridized carbons (Fsp3) is 0.290. The molecule has 0 fully saturated rings. The highest BCUT2D eigenvalue weighted by Gasteiger charge is 2.52. The number of aliphatic hydroxyl groups excluding tert-OH is 1. The Labute approximate surface area is 224 Å². The van der Waals surface area contributed by atoms with Gasteiger partial charge in [-0.2, -0.15) is 0 Å². The Morgan fingerprint density at radius 3 is 2.53 bits per heavy atom. The number of nitrogens with one attached hydrogen (secondary N) is 2. The molecule has 0 aromatic heterocycles. The molecule has 3 aromatic rings. The van der Waals surface area contributed by atoms with Gasteiger partial charge in [-0.25, -0.2) is 10.4 Å². The van der Waals surface area contributed by atoms with Crippen LogP contribution < -0.4 is 15.6 Å². The molecule has 1 aliphatic heterocycles. The van der Waals surface area contributed by atoms with E-state index in [1.807, 2.05) is 54.6 Å². The van der Waals surface area contributed by atoms with E-state index >= 15 is 0 Å². The molecule has 4 rings (SSSR count). The second-order valence-electron chi connectivity index (χ2n) is 9.31. The molecule has 0 saturated heterocycles. The highest BCUT2D eigenvalue weighted by molar-refractivity contribution is 6.01. The molecule has 1 amide bonds. The van der Waals surface area contributed by atoms with Gasteiger partial charge in [-0.3, -0.25) is 10.2 Å². The van der Waals surface area contributed by atoms with Gasteiger partial charge in [-0.15, -0.1) is 6.58 Å². The number of carbonyl (C=O) groups is 1. The Morgan fingerprint density at radius 1 is 1.11 bits per heavy atom. The van der Waals surface area contributed by atoms with Crippen molar-refractivity contribution in [1.29, 1.82) is 0 Å². The number of aliphatic imine (C=N–C) groups is 1. The first kappa shape index (κ1) is 27.1. The summed E-state index contributed by atoms with van der Waals surface area (Å²) in [4.78, 5) is 18.6. The fourth-order valence-electron chi connectivity index (χ4n) is 4.38. The van der Waals surface area contributed by atoms with Gasteiger partial charge >= 0.3 is 0 Å². The van der Waals surface area contributed by atoms with E-state index in [1.54, 1.807) is 6.08 Å². The summed E-state index contributed by atoms with van der Waals surface area (Å²) in [5, 5.41) is 8.96. The van der Waals surface area contributed by atoms with E-state index in [1.165, 1.54) is 11.1 Å². The SMILES string of the molecule is C=CC[C@]1(C(=O)NNCCc2ccc(C)cc2)N=C(c2ccc(OCCCO)cc2)O[C@H]1c1ccccc1. The number of hydrazine groups is 1. The zero-order valence-corrected chi connectivity index (χ0v) is 21.7. The molecule has 3 aromatic carbocycles. The average molecular weight is 514 g/mol. The van der Waals surface area contributed by atoms with E-state index in [4.69, 9.17) is 19.6 Å². The smallest absolute Gasteiger partial charge is 0.266 e. The highest BCUT2D eigenvalue weighted by Crippen LogP contribution is 2.42. The summed E-state index contributed by atoms with van der Waals surface area (Å²) in [5.74, 6) is 0.791. The van der Waals surface area contributed by atoms with Gasteiger partial charge in [0.1, 0.15) is 5.75 Å². The zero-order chi connectivity index (χ0) is 26.8. The number of hydrogen-bond donors (Lipinski definition) is 3. The number of nitrogens with zero attached hydrogens (tertiary/aromatic N) is 1. The molecule has 7 heteroatoms. The number of rotatable bonds is 13. The van der Waals surface area contributed by atoms with Crippen molar-refractivity contribution in [2.75, 3.05) is 19.8 Å². The molecule has 0 aliphatic carbocycles. The Balaban J connectivity index is 1.54. The van der Waals surface area contributed by atoms with Crippen molar-refractivity contribution < 1.29 is 19.4 Å². The number of benzene rings is 3. The Hall–Kier alpha value is -3.94. The topological polar surface area (TPSA) is 92.2 Å². The van der Waals surface area contributed by atoms with Gasteiger partial charge in [0.15, 0.2) is 11.6 Å². The molecule has 1 aliphatic rings. The van der Waals surface area contributed by atoms with Crippen molar-refractivity contribution in [2.24, 2.45) is 4.99 Å². The zero-order valence-electron chi connectivity index (χ0n) is 21.7. The molecule has 2 atom stereocenters. The van der Waals surface area contributed by atoms with Crippen LogP contribution in [0.5, 0.6) is 5.75 Å². The number of amides is 1. The van der Waals surface area contributed by atoms with E-state index in [0.717, 1.165) is 17.5 Å². The lowest BCUT2D eigenvalue weighted by Crippen LogP contribution is -2.52. The molecule has 0 saturated carbocycles. The number of aryl methyl sites for hydroxylation is 1. The standard InChI is InChI=1S/C31H35N3O4/c1-3-19-31(30(36)34-32-20-18-24-12-10-23(2)11-13-24)28(25-8-5-4-6-9-25)38-29(33-31)26-14-16-27(17-15-26)37-22-7-21-35/h3-6,8-17,28,32,35H,1,7,18-22H2,2H3,(H,34,36)/t28-,31-/m0/s1. The summed E-state index contributed by atoms with van der Waals surface area (Å²) in [6, 6.07) is 25.4. The minimum absolute atomic E-state index is 0.0812. The Kier molecular flexibility index (Phi) is 9.30. The van der Waals surface area contributed by atoms with Crippen molar-refractivity contribution in [3.8, 4) is 5.75 Å². The largest absolute Gasteiger partial charge is 0.494 e. The van der Waals surface area contributed by atoms with Crippen LogP contribution in [0.4, 0.5) is 0 Å². The lowest BCUT2D eigenvalue weighted by Gasteiger charge is -2.29. The summed E-state index contributed by atoms with van der Waals surface area (Å²) in [6.45, 7) is 7.06.